The Labute approximate surface area is 176 Å². The van der Waals surface area contributed by atoms with Gasteiger partial charge in [-0.3, -0.25) is 9.69 Å². The Morgan fingerprint density at radius 3 is 2.53 bits per heavy atom. The molecule has 0 saturated carbocycles. The Hall–Kier alpha value is -3.18. The van der Waals surface area contributed by atoms with Crippen LogP contribution in [0.15, 0.2) is 36.5 Å². The zero-order valence-corrected chi connectivity index (χ0v) is 17.3. The molecular formula is C22H26N6O2. The largest absolute Gasteiger partial charge is 0.378 e. The molecule has 1 aromatic heterocycles. The molecular weight excluding hydrogens is 380 g/mol. The summed E-state index contributed by atoms with van der Waals surface area (Å²) < 4.78 is 5.40. The highest BCUT2D eigenvalue weighted by Crippen LogP contribution is 2.40. The number of benzene rings is 1. The molecule has 4 rings (SSSR count). The van der Waals surface area contributed by atoms with Crippen molar-refractivity contribution in [2.24, 2.45) is 11.3 Å². The fraction of sp³-hybridized carbons (Fsp3) is 0.455. The highest BCUT2D eigenvalue weighted by atomic mass is 16.5. The third-order valence-corrected chi connectivity index (χ3v) is 5.96. The minimum absolute atomic E-state index is 0.0515. The molecule has 1 N–H and O–H groups in total. The van der Waals surface area contributed by atoms with Crippen molar-refractivity contribution in [1.82, 2.24) is 9.97 Å². The number of nitriles is 1. The van der Waals surface area contributed by atoms with E-state index < -0.39 is 5.41 Å². The number of carbonyl (C=O) groups is 1. The van der Waals surface area contributed by atoms with Crippen LogP contribution in [-0.2, 0) is 9.53 Å². The normalized spacial score (nSPS) is 21.7. The highest BCUT2D eigenvalue weighted by molar-refractivity contribution is 6.01. The van der Waals surface area contributed by atoms with E-state index >= 15 is 0 Å². The van der Waals surface area contributed by atoms with Gasteiger partial charge < -0.3 is 15.0 Å². The summed E-state index contributed by atoms with van der Waals surface area (Å²) in [7, 11) is 0. The number of anilines is 4. The minimum Gasteiger partial charge on any atom is -0.378 e. The average molecular weight is 406 g/mol. The van der Waals surface area contributed by atoms with E-state index in [1.54, 1.807) is 17.2 Å². The number of morpholine rings is 1. The summed E-state index contributed by atoms with van der Waals surface area (Å²) in [5.74, 6) is 0.697. The summed E-state index contributed by atoms with van der Waals surface area (Å²) in [6.07, 6.45) is 2.14. The lowest BCUT2D eigenvalue weighted by atomic mass is 9.77. The molecule has 1 amide bonds. The van der Waals surface area contributed by atoms with Crippen molar-refractivity contribution in [1.29, 1.82) is 5.26 Å². The smallest absolute Gasteiger partial charge is 0.248 e. The van der Waals surface area contributed by atoms with Gasteiger partial charge in [-0.05, 0) is 42.7 Å². The minimum atomic E-state index is -0.978. The molecule has 1 atom stereocenters. The molecule has 3 heterocycles. The van der Waals surface area contributed by atoms with Crippen LogP contribution in [0.2, 0.25) is 0 Å². The van der Waals surface area contributed by atoms with E-state index in [1.165, 1.54) is 0 Å². The lowest BCUT2D eigenvalue weighted by Crippen LogP contribution is -2.37. The molecule has 0 radical (unpaired) electrons. The molecule has 8 nitrogen and oxygen atoms in total. The number of aromatic nitrogens is 2. The maximum absolute atomic E-state index is 13.0. The highest BCUT2D eigenvalue weighted by Gasteiger charge is 2.50. The van der Waals surface area contributed by atoms with Gasteiger partial charge in [0.05, 0.1) is 19.3 Å². The summed E-state index contributed by atoms with van der Waals surface area (Å²) in [4.78, 5) is 25.7. The summed E-state index contributed by atoms with van der Waals surface area (Å²) in [6, 6.07) is 12.1. The number of hydrogen-bond acceptors (Lipinski definition) is 7. The first-order valence-electron chi connectivity index (χ1n) is 10.3. The average Bonchev–Trinajstić information content (AvgIpc) is 3.12. The third kappa shape index (κ3) is 3.68. The Kier molecular flexibility index (Phi) is 5.55. The second-order valence-corrected chi connectivity index (χ2v) is 7.95. The predicted octanol–water partition coefficient (Wildman–Crippen LogP) is 2.96. The van der Waals surface area contributed by atoms with E-state index in [2.05, 4.69) is 38.4 Å². The van der Waals surface area contributed by atoms with Gasteiger partial charge in [0.2, 0.25) is 11.9 Å². The van der Waals surface area contributed by atoms with Crippen LogP contribution in [0, 0.1) is 22.7 Å². The third-order valence-electron chi connectivity index (χ3n) is 5.96. The van der Waals surface area contributed by atoms with Gasteiger partial charge in [-0.25, -0.2) is 4.98 Å². The molecule has 2 aliphatic rings. The molecule has 2 saturated heterocycles. The maximum Gasteiger partial charge on any atom is 0.248 e. The molecule has 0 aliphatic carbocycles. The van der Waals surface area contributed by atoms with E-state index in [0.717, 1.165) is 37.7 Å². The van der Waals surface area contributed by atoms with Crippen LogP contribution in [0.5, 0.6) is 0 Å². The van der Waals surface area contributed by atoms with Crippen molar-refractivity contribution >= 4 is 29.0 Å². The number of carbonyl (C=O) groups excluding carboxylic acids is 1. The van der Waals surface area contributed by atoms with E-state index in [4.69, 9.17) is 4.74 Å². The Morgan fingerprint density at radius 2 is 1.90 bits per heavy atom. The van der Waals surface area contributed by atoms with Crippen molar-refractivity contribution in [2.75, 3.05) is 48.0 Å². The van der Waals surface area contributed by atoms with Crippen LogP contribution >= 0.6 is 0 Å². The second kappa shape index (κ2) is 8.28. The van der Waals surface area contributed by atoms with Crippen LogP contribution < -0.4 is 15.1 Å². The summed E-state index contributed by atoms with van der Waals surface area (Å²) in [6.45, 7) is 7.59. The summed E-state index contributed by atoms with van der Waals surface area (Å²) >= 11 is 0. The van der Waals surface area contributed by atoms with Crippen LogP contribution in [0.25, 0.3) is 0 Å². The molecule has 2 aromatic rings. The monoisotopic (exact) mass is 406 g/mol. The van der Waals surface area contributed by atoms with Gasteiger partial charge >= 0.3 is 0 Å². The van der Waals surface area contributed by atoms with Crippen molar-refractivity contribution in [2.45, 2.75) is 20.3 Å². The van der Waals surface area contributed by atoms with Gasteiger partial charge in [-0.1, -0.05) is 13.8 Å². The zero-order chi connectivity index (χ0) is 21.1. The molecule has 2 fully saturated rings. The lowest BCUT2D eigenvalue weighted by molar-refractivity contribution is -0.124. The first-order valence-corrected chi connectivity index (χ1v) is 10.3. The number of nitrogens with one attached hydrogen (secondary N) is 1. The zero-order valence-electron chi connectivity index (χ0n) is 17.3. The molecule has 0 spiro atoms. The molecule has 156 valence electrons. The fourth-order valence-corrected chi connectivity index (χ4v) is 3.99. The number of amides is 1. The van der Waals surface area contributed by atoms with Crippen LogP contribution in [0.3, 0.4) is 0 Å². The SMILES string of the molecule is CC(C)C1(C#N)CCN(c2ccnc(Nc3ccc(N4CCOCC4)cc3)n2)C1=O. The van der Waals surface area contributed by atoms with E-state index in [-0.39, 0.29) is 11.8 Å². The summed E-state index contributed by atoms with van der Waals surface area (Å²) in [5, 5.41) is 12.8. The lowest BCUT2D eigenvalue weighted by Gasteiger charge is -2.28. The number of rotatable bonds is 5. The first-order chi connectivity index (χ1) is 14.5. The van der Waals surface area contributed by atoms with Gasteiger partial charge in [0, 0.05) is 37.2 Å². The van der Waals surface area contributed by atoms with Crippen molar-refractivity contribution < 1.29 is 9.53 Å². The topological polar surface area (TPSA) is 94.4 Å². The van der Waals surface area contributed by atoms with Crippen LogP contribution in [0.4, 0.5) is 23.1 Å². The Bertz CT molecular complexity index is 949. The van der Waals surface area contributed by atoms with Crippen molar-refractivity contribution in [3.63, 3.8) is 0 Å². The van der Waals surface area contributed by atoms with E-state index in [9.17, 15) is 10.1 Å². The van der Waals surface area contributed by atoms with Gasteiger partial charge in [0.1, 0.15) is 11.2 Å². The van der Waals surface area contributed by atoms with Crippen molar-refractivity contribution in [3.8, 4) is 6.07 Å². The predicted molar refractivity (Wildman–Crippen MR) is 115 cm³/mol. The summed E-state index contributed by atoms with van der Waals surface area (Å²) in [5.41, 5.74) is 1.04. The maximum atomic E-state index is 13.0. The van der Waals surface area contributed by atoms with Crippen molar-refractivity contribution in [3.05, 3.63) is 36.5 Å². The molecule has 1 aromatic carbocycles. The fourth-order valence-electron chi connectivity index (χ4n) is 3.99. The molecule has 30 heavy (non-hydrogen) atoms. The van der Waals surface area contributed by atoms with Gasteiger partial charge in [0.25, 0.3) is 0 Å². The van der Waals surface area contributed by atoms with Gasteiger partial charge in [0.15, 0.2) is 0 Å². The van der Waals surface area contributed by atoms with Crippen LogP contribution in [-0.4, -0.2) is 48.7 Å². The Balaban J connectivity index is 1.48. The van der Waals surface area contributed by atoms with Gasteiger partial charge in [-0.15, -0.1) is 0 Å². The quantitative estimate of drug-likeness (QED) is 0.816. The van der Waals surface area contributed by atoms with Gasteiger partial charge in [-0.2, -0.15) is 10.2 Å². The molecule has 2 aliphatic heterocycles. The second-order valence-electron chi connectivity index (χ2n) is 7.95. The van der Waals surface area contributed by atoms with E-state index in [0.29, 0.717) is 24.7 Å². The molecule has 0 bridgehead atoms. The number of hydrogen-bond donors (Lipinski definition) is 1. The van der Waals surface area contributed by atoms with E-state index in [1.807, 2.05) is 26.0 Å². The van der Waals surface area contributed by atoms with Crippen LogP contribution in [0.1, 0.15) is 20.3 Å². The standard InChI is InChI=1S/C22H26N6O2/c1-16(2)22(15-23)8-10-28(20(22)29)19-7-9-24-21(26-19)25-17-3-5-18(6-4-17)27-11-13-30-14-12-27/h3-7,9,16H,8,10-14H2,1-2H3,(H,24,25,26). The molecule has 1 unspecified atom stereocenters. The number of nitrogens with zero attached hydrogens (tertiary/aromatic N) is 5. The first kappa shape index (κ1) is 20.1. The molecule has 8 heteroatoms. The number of ether oxygens (including phenoxy) is 1. The Morgan fingerprint density at radius 1 is 1.17 bits per heavy atom.